The van der Waals surface area contributed by atoms with Gasteiger partial charge in [-0.3, -0.25) is 5.10 Å². The number of halogens is 1. The molecule has 2 rings (SSSR count). The minimum Gasteiger partial charge on any atom is -0.465 e. The van der Waals surface area contributed by atoms with Crippen molar-refractivity contribution in [2.75, 3.05) is 7.11 Å². The maximum absolute atomic E-state index is 11.4. The molecule has 0 saturated heterocycles. The molecule has 0 unspecified atom stereocenters. The van der Waals surface area contributed by atoms with Crippen LogP contribution in [0.5, 0.6) is 0 Å². The van der Waals surface area contributed by atoms with Crippen LogP contribution < -0.4 is 0 Å². The Morgan fingerprint density at radius 3 is 2.75 bits per heavy atom. The fourth-order valence-corrected chi connectivity index (χ4v) is 1.78. The van der Waals surface area contributed by atoms with Crippen molar-refractivity contribution in [3.63, 3.8) is 0 Å². The van der Waals surface area contributed by atoms with Crippen LogP contribution in [0.4, 0.5) is 0 Å². The van der Waals surface area contributed by atoms with Gasteiger partial charge in [0.1, 0.15) is 11.6 Å². The molecule has 0 saturated carbocycles. The van der Waals surface area contributed by atoms with Gasteiger partial charge in [-0.1, -0.05) is 23.7 Å². The second-order valence-corrected chi connectivity index (χ2v) is 4.31. The zero-order chi connectivity index (χ0) is 14.5. The third-order valence-electron chi connectivity index (χ3n) is 2.63. The molecule has 0 aliphatic heterocycles. The van der Waals surface area contributed by atoms with E-state index < -0.39 is 5.97 Å². The van der Waals surface area contributed by atoms with Crippen molar-refractivity contribution in [3.05, 3.63) is 46.6 Å². The van der Waals surface area contributed by atoms with Crippen molar-refractivity contribution in [3.8, 4) is 17.3 Å². The molecule has 20 heavy (non-hydrogen) atoms. The maximum Gasteiger partial charge on any atom is 0.348 e. The van der Waals surface area contributed by atoms with Crippen molar-refractivity contribution in [2.45, 2.75) is 0 Å². The van der Waals surface area contributed by atoms with Crippen molar-refractivity contribution in [1.29, 1.82) is 5.26 Å². The summed E-state index contributed by atoms with van der Waals surface area (Å²) < 4.78 is 4.54. The summed E-state index contributed by atoms with van der Waals surface area (Å²) in [6, 6.07) is 8.93. The third kappa shape index (κ3) is 2.87. The molecule has 1 aromatic carbocycles. The maximum atomic E-state index is 11.4. The highest BCUT2D eigenvalue weighted by molar-refractivity contribution is 6.30. The number of esters is 1. The van der Waals surface area contributed by atoms with Gasteiger partial charge in [-0.25, -0.2) is 4.79 Å². The number of aromatic amines is 1. The summed E-state index contributed by atoms with van der Waals surface area (Å²) in [7, 11) is 1.23. The van der Waals surface area contributed by atoms with E-state index in [-0.39, 0.29) is 5.57 Å². The number of carbonyl (C=O) groups excluding carboxylic acids is 1. The van der Waals surface area contributed by atoms with Crippen LogP contribution in [0.25, 0.3) is 17.3 Å². The molecule has 6 heteroatoms. The highest BCUT2D eigenvalue weighted by Crippen LogP contribution is 2.24. The first-order valence-electron chi connectivity index (χ1n) is 5.65. The molecule has 0 aliphatic rings. The molecule has 2 aromatic rings. The quantitative estimate of drug-likeness (QED) is 0.535. The number of rotatable bonds is 3. The number of hydrogen-bond donors (Lipinski definition) is 1. The fourth-order valence-electron chi connectivity index (χ4n) is 1.65. The Labute approximate surface area is 120 Å². The number of benzene rings is 1. The SMILES string of the molecule is COC(=O)/C(C#N)=C/c1cn[nH]c1-c1ccc(Cl)cc1. The van der Waals surface area contributed by atoms with Gasteiger partial charge in [0.25, 0.3) is 0 Å². The van der Waals surface area contributed by atoms with Crippen LogP contribution >= 0.6 is 11.6 Å². The van der Waals surface area contributed by atoms with Crippen LogP contribution in [0.3, 0.4) is 0 Å². The number of ether oxygens (including phenoxy) is 1. The van der Waals surface area contributed by atoms with E-state index in [1.165, 1.54) is 19.4 Å². The van der Waals surface area contributed by atoms with Crippen molar-refractivity contribution >= 4 is 23.6 Å². The second kappa shape index (κ2) is 6.04. The smallest absolute Gasteiger partial charge is 0.348 e. The Morgan fingerprint density at radius 2 is 2.15 bits per heavy atom. The van der Waals surface area contributed by atoms with E-state index in [4.69, 9.17) is 16.9 Å². The van der Waals surface area contributed by atoms with Crippen LogP contribution in [-0.4, -0.2) is 23.3 Å². The normalized spacial score (nSPS) is 10.9. The largest absolute Gasteiger partial charge is 0.465 e. The van der Waals surface area contributed by atoms with E-state index in [9.17, 15) is 4.79 Å². The first-order valence-corrected chi connectivity index (χ1v) is 6.03. The molecule has 0 atom stereocenters. The van der Waals surface area contributed by atoms with E-state index in [1.54, 1.807) is 18.2 Å². The lowest BCUT2D eigenvalue weighted by molar-refractivity contribution is -0.135. The van der Waals surface area contributed by atoms with E-state index >= 15 is 0 Å². The van der Waals surface area contributed by atoms with E-state index in [0.29, 0.717) is 16.3 Å². The number of nitrogens with one attached hydrogen (secondary N) is 1. The van der Waals surface area contributed by atoms with Crippen molar-refractivity contribution in [1.82, 2.24) is 10.2 Å². The molecule has 1 heterocycles. The van der Waals surface area contributed by atoms with Gasteiger partial charge in [0.2, 0.25) is 0 Å². The predicted octanol–water partition coefficient (Wildman–Crippen LogP) is 2.81. The summed E-state index contributed by atoms with van der Waals surface area (Å²) in [5.74, 6) is -0.684. The number of hydrogen-bond acceptors (Lipinski definition) is 4. The number of nitrogens with zero attached hydrogens (tertiary/aromatic N) is 2. The second-order valence-electron chi connectivity index (χ2n) is 3.87. The summed E-state index contributed by atoms with van der Waals surface area (Å²) in [6.45, 7) is 0. The van der Waals surface area contributed by atoms with Crippen LogP contribution in [0, 0.1) is 11.3 Å². The topological polar surface area (TPSA) is 78.8 Å². The minimum absolute atomic E-state index is 0.0934. The Bertz CT molecular complexity index is 696. The average molecular weight is 288 g/mol. The molecular weight excluding hydrogens is 278 g/mol. The zero-order valence-corrected chi connectivity index (χ0v) is 11.3. The van der Waals surface area contributed by atoms with Crippen molar-refractivity contribution < 1.29 is 9.53 Å². The van der Waals surface area contributed by atoms with Crippen LogP contribution in [-0.2, 0) is 9.53 Å². The van der Waals surface area contributed by atoms with Gasteiger partial charge in [-0.15, -0.1) is 0 Å². The molecule has 0 spiro atoms. The lowest BCUT2D eigenvalue weighted by atomic mass is 10.1. The van der Waals surface area contributed by atoms with Gasteiger partial charge in [0, 0.05) is 16.1 Å². The molecule has 100 valence electrons. The van der Waals surface area contributed by atoms with Gasteiger partial charge in [-0.05, 0) is 18.2 Å². The molecule has 5 nitrogen and oxygen atoms in total. The first-order chi connectivity index (χ1) is 9.65. The third-order valence-corrected chi connectivity index (χ3v) is 2.88. The van der Waals surface area contributed by atoms with Crippen LogP contribution in [0.15, 0.2) is 36.0 Å². The van der Waals surface area contributed by atoms with Gasteiger partial charge in [-0.2, -0.15) is 10.4 Å². The standard InChI is InChI=1S/C14H10ClN3O2/c1-20-14(19)10(7-16)6-11-8-17-18-13(11)9-2-4-12(15)5-3-9/h2-6,8H,1H3,(H,17,18)/b10-6+. The number of aromatic nitrogens is 2. The predicted molar refractivity (Wildman–Crippen MR) is 74.6 cm³/mol. The summed E-state index contributed by atoms with van der Waals surface area (Å²) in [5.41, 5.74) is 2.07. The molecule has 0 aliphatic carbocycles. The van der Waals surface area contributed by atoms with E-state index in [0.717, 1.165) is 5.56 Å². The van der Waals surface area contributed by atoms with E-state index in [1.807, 2.05) is 12.1 Å². The lowest BCUT2D eigenvalue weighted by Crippen LogP contribution is -2.02. The first kappa shape index (κ1) is 13.8. The Hall–Kier alpha value is -2.58. The number of nitriles is 1. The Kier molecular flexibility index (Phi) is 4.18. The molecule has 1 N–H and O–H groups in total. The van der Waals surface area contributed by atoms with Crippen molar-refractivity contribution in [2.24, 2.45) is 0 Å². The molecule has 0 bridgehead atoms. The molecular formula is C14H10ClN3O2. The van der Waals surface area contributed by atoms with Gasteiger partial charge < -0.3 is 4.74 Å². The highest BCUT2D eigenvalue weighted by atomic mass is 35.5. The fraction of sp³-hybridized carbons (Fsp3) is 0.0714. The highest BCUT2D eigenvalue weighted by Gasteiger charge is 2.12. The number of methoxy groups -OCH3 is 1. The lowest BCUT2D eigenvalue weighted by Gasteiger charge is -2.01. The van der Waals surface area contributed by atoms with E-state index in [2.05, 4.69) is 14.9 Å². The minimum atomic E-state index is -0.684. The Balaban J connectivity index is 2.43. The summed E-state index contributed by atoms with van der Waals surface area (Å²) in [4.78, 5) is 11.4. The van der Waals surface area contributed by atoms with Crippen LogP contribution in [0.1, 0.15) is 5.56 Å². The molecule has 0 fully saturated rings. The molecule has 1 aromatic heterocycles. The van der Waals surface area contributed by atoms with Gasteiger partial charge in [0.05, 0.1) is 19.0 Å². The summed E-state index contributed by atoms with van der Waals surface area (Å²) in [6.07, 6.45) is 2.96. The van der Waals surface area contributed by atoms with Gasteiger partial charge in [0.15, 0.2) is 0 Å². The zero-order valence-electron chi connectivity index (χ0n) is 10.6. The Morgan fingerprint density at radius 1 is 1.45 bits per heavy atom. The van der Waals surface area contributed by atoms with Crippen LogP contribution in [0.2, 0.25) is 5.02 Å². The monoisotopic (exact) mass is 287 g/mol. The average Bonchev–Trinajstić information content (AvgIpc) is 2.93. The molecule has 0 radical (unpaired) electrons. The number of H-pyrrole nitrogens is 1. The summed E-state index contributed by atoms with van der Waals surface area (Å²) >= 11 is 5.84. The van der Waals surface area contributed by atoms with Gasteiger partial charge >= 0.3 is 5.97 Å². The molecule has 0 amide bonds. The summed E-state index contributed by atoms with van der Waals surface area (Å²) in [5, 5.41) is 16.3. The number of carbonyl (C=O) groups is 1.